The third kappa shape index (κ3) is 4.20. The highest BCUT2D eigenvalue weighted by Crippen LogP contribution is 2.34. The number of hydrogen-bond donors (Lipinski definition) is 1. The van der Waals surface area contributed by atoms with Crippen molar-refractivity contribution >= 4 is 34.7 Å². The van der Waals surface area contributed by atoms with E-state index in [0.717, 1.165) is 4.90 Å². The maximum atomic E-state index is 13.3. The van der Waals surface area contributed by atoms with Crippen molar-refractivity contribution in [1.29, 1.82) is 0 Å². The Morgan fingerprint density at radius 2 is 1.84 bits per heavy atom. The molecule has 0 saturated heterocycles. The average molecular weight is 453 g/mol. The molecule has 32 heavy (non-hydrogen) atoms. The van der Waals surface area contributed by atoms with E-state index in [1.54, 1.807) is 54.6 Å². The monoisotopic (exact) mass is 452 g/mol. The average Bonchev–Trinajstić information content (AvgIpc) is 3.38. The Balaban J connectivity index is 1.72. The number of halogens is 1. The van der Waals surface area contributed by atoms with Crippen LogP contribution in [-0.2, 0) is 16.1 Å². The summed E-state index contributed by atoms with van der Waals surface area (Å²) in [5.74, 6) is 0.815. The van der Waals surface area contributed by atoms with Gasteiger partial charge in [-0.25, -0.2) is 0 Å². The molecule has 1 aromatic heterocycles. The van der Waals surface area contributed by atoms with Gasteiger partial charge < -0.3 is 19.2 Å². The molecule has 0 aliphatic carbocycles. The van der Waals surface area contributed by atoms with E-state index in [1.807, 2.05) is 6.92 Å². The van der Waals surface area contributed by atoms with Gasteiger partial charge in [-0.3, -0.25) is 14.5 Å². The molecule has 2 amide bonds. The zero-order valence-corrected chi connectivity index (χ0v) is 18.3. The molecule has 8 heteroatoms. The Bertz CT molecular complexity index is 1170. The van der Waals surface area contributed by atoms with Gasteiger partial charge in [0.05, 0.1) is 37.1 Å². The Labute approximate surface area is 190 Å². The van der Waals surface area contributed by atoms with Gasteiger partial charge in [0, 0.05) is 5.69 Å². The lowest BCUT2D eigenvalue weighted by Gasteiger charge is -2.14. The van der Waals surface area contributed by atoms with Gasteiger partial charge in [0.1, 0.15) is 23.0 Å². The fourth-order valence-corrected chi connectivity index (χ4v) is 3.69. The van der Waals surface area contributed by atoms with Crippen molar-refractivity contribution in [3.8, 4) is 11.5 Å². The third-order valence-corrected chi connectivity index (χ3v) is 5.23. The lowest BCUT2D eigenvalue weighted by atomic mass is 10.0. The predicted octanol–water partition coefficient (Wildman–Crippen LogP) is 4.73. The smallest absolute Gasteiger partial charge is 0.278 e. The van der Waals surface area contributed by atoms with Gasteiger partial charge in [0.25, 0.3) is 11.8 Å². The number of furan rings is 1. The van der Waals surface area contributed by atoms with Crippen molar-refractivity contribution in [3.05, 3.63) is 82.9 Å². The molecule has 7 nitrogen and oxygen atoms in total. The van der Waals surface area contributed by atoms with Crippen LogP contribution in [0.3, 0.4) is 0 Å². The molecule has 1 aliphatic rings. The first kappa shape index (κ1) is 21.5. The molecule has 0 unspecified atom stereocenters. The van der Waals surface area contributed by atoms with E-state index < -0.39 is 11.8 Å². The summed E-state index contributed by atoms with van der Waals surface area (Å²) in [5, 5.41) is 3.46. The van der Waals surface area contributed by atoms with Crippen LogP contribution in [0.15, 0.2) is 71.0 Å². The molecule has 2 heterocycles. The zero-order chi connectivity index (χ0) is 22.7. The number of nitrogens with zero attached hydrogens (tertiary/aromatic N) is 1. The molecule has 0 atom stereocenters. The number of ether oxygens (including phenoxy) is 2. The highest BCUT2D eigenvalue weighted by atomic mass is 35.5. The number of nitrogens with one attached hydrogen (secondary N) is 1. The van der Waals surface area contributed by atoms with E-state index in [-0.39, 0.29) is 17.8 Å². The van der Waals surface area contributed by atoms with Crippen LogP contribution < -0.4 is 14.8 Å². The highest BCUT2D eigenvalue weighted by molar-refractivity contribution is 6.36. The number of anilines is 1. The molecule has 1 aliphatic heterocycles. The Morgan fingerprint density at radius 3 is 2.47 bits per heavy atom. The number of imide groups is 1. The van der Waals surface area contributed by atoms with Gasteiger partial charge in [-0.1, -0.05) is 23.7 Å². The highest BCUT2D eigenvalue weighted by Gasteiger charge is 2.39. The summed E-state index contributed by atoms with van der Waals surface area (Å²) in [6.45, 7) is 2.45. The van der Waals surface area contributed by atoms with Crippen LogP contribution in [0.2, 0.25) is 5.02 Å². The number of hydrogen-bond acceptors (Lipinski definition) is 6. The van der Waals surface area contributed by atoms with Crippen molar-refractivity contribution in [2.45, 2.75) is 13.5 Å². The van der Waals surface area contributed by atoms with E-state index >= 15 is 0 Å². The van der Waals surface area contributed by atoms with Crippen LogP contribution in [0, 0.1) is 0 Å². The van der Waals surface area contributed by atoms with E-state index in [9.17, 15) is 9.59 Å². The summed E-state index contributed by atoms with van der Waals surface area (Å²) >= 11 is 6.23. The minimum absolute atomic E-state index is 0.0275. The summed E-state index contributed by atoms with van der Waals surface area (Å²) in [4.78, 5) is 27.7. The van der Waals surface area contributed by atoms with E-state index in [1.165, 1.54) is 13.4 Å². The molecule has 0 spiro atoms. The molecular formula is C24H21ClN2O5. The molecular weight excluding hydrogens is 432 g/mol. The van der Waals surface area contributed by atoms with Gasteiger partial charge in [0.15, 0.2) is 0 Å². The van der Waals surface area contributed by atoms with Crippen LogP contribution in [-0.4, -0.2) is 30.4 Å². The number of carbonyl (C=O) groups excluding carboxylic acids is 2. The van der Waals surface area contributed by atoms with Gasteiger partial charge in [-0.05, 0) is 55.0 Å². The largest absolute Gasteiger partial charge is 0.495 e. The minimum Gasteiger partial charge on any atom is -0.495 e. The van der Waals surface area contributed by atoms with E-state index in [0.29, 0.717) is 40.1 Å². The Kier molecular flexibility index (Phi) is 6.18. The molecule has 0 bridgehead atoms. The number of carbonyl (C=O) groups is 2. The van der Waals surface area contributed by atoms with Crippen molar-refractivity contribution < 1.29 is 23.5 Å². The van der Waals surface area contributed by atoms with Crippen molar-refractivity contribution in [2.75, 3.05) is 19.0 Å². The molecule has 2 aromatic carbocycles. The second-order valence-electron chi connectivity index (χ2n) is 6.96. The first-order valence-electron chi connectivity index (χ1n) is 9.98. The van der Waals surface area contributed by atoms with Gasteiger partial charge >= 0.3 is 0 Å². The summed E-state index contributed by atoms with van der Waals surface area (Å²) in [7, 11) is 1.52. The molecule has 164 valence electrons. The normalized spacial score (nSPS) is 13.7. The van der Waals surface area contributed by atoms with Crippen molar-refractivity contribution in [1.82, 2.24) is 4.90 Å². The van der Waals surface area contributed by atoms with Crippen LogP contribution >= 0.6 is 11.6 Å². The van der Waals surface area contributed by atoms with Crippen LogP contribution in [0.5, 0.6) is 11.5 Å². The molecule has 0 saturated carbocycles. The fraction of sp³-hybridized carbons (Fsp3) is 0.167. The van der Waals surface area contributed by atoms with Gasteiger partial charge in [-0.2, -0.15) is 0 Å². The summed E-state index contributed by atoms with van der Waals surface area (Å²) < 4.78 is 16.0. The topological polar surface area (TPSA) is 81.0 Å². The number of amides is 2. The third-order valence-electron chi connectivity index (χ3n) is 4.94. The quantitative estimate of drug-likeness (QED) is 0.497. The maximum absolute atomic E-state index is 13.3. The molecule has 0 radical (unpaired) electrons. The Morgan fingerprint density at radius 1 is 1.06 bits per heavy atom. The van der Waals surface area contributed by atoms with E-state index in [4.69, 9.17) is 25.5 Å². The van der Waals surface area contributed by atoms with E-state index in [2.05, 4.69) is 5.32 Å². The first-order chi connectivity index (χ1) is 15.5. The predicted molar refractivity (Wildman–Crippen MR) is 120 cm³/mol. The second kappa shape index (κ2) is 9.20. The summed E-state index contributed by atoms with van der Waals surface area (Å²) in [6.07, 6.45) is 1.50. The summed E-state index contributed by atoms with van der Waals surface area (Å²) in [5.41, 5.74) is 1.56. The first-order valence-corrected chi connectivity index (χ1v) is 10.4. The number of benzene rings is 2. The zero-order valence-electron chi connectivity index (χ0n) is 17.6. The second-order valence-corrected chi connectivity index (χ2v) is 7.36. The fourth-order valence-electron chi connectivity index (χ4n) is 3.43. The molecule has 3 aromatic rings. The maximum Gasteiger partial charge on any atom is 0.278 e. The van der Waals surface area contributed by atoms with Crippen LogP contribution in [0.25, 0.3) is 5.57 Å². The molecule has 1 N–H and O–H groups in total. The van der Waals surface area contributed by atoms with Crippen LogP contribution in [0.1, 0.15) is 18.2 Å². The van der Waals surface area contributed by atoms with Crippen LogP contribution in [0.4, 0.5) is 5.69 Å². The van der Waals surface area contributed by atoms with Crippen molar-refractivity contribution in [3.63, 3.8) is 0 Å². The molecule has 0 fully saturated rings. The lowest BCUT2D eigenvalue weighted by molar-refractivity contribution is -0.137. The van der Waals surface area contributed by atoms with Gasteiger partial charge in [0.2, 0.25) is 0 Å². The Hall–Kier alpha value is -3.71. The SMILES string of the molecule is CCOc1ccc(C2=C(Nc3ccc(OC)c(Cl)c3)C(=O)N(Cc3ccco3)C2=O)cc1. The van der Waals surface area contributed by atoms with Crippen molar-refractivity contribution in [2.24, 2.45) is 0 Å². The molecule has 4 rings (SSSR count). The number of methoxy groups -OCH3 is 1. The lowest BCUT2D eigenvalue weighted by Crippen LogP contribution is -2.31. The van der Waals surface area contributed by atoms with Gasteiger partial charge in [-0.15, -0.1) is 0 Å². The number of rotatable bonds is 8. The minimum atomic E-state index is -0.456. The summed E-state index contributed by atoms with van der Waals surface area (Å²) in [6, 6.07) is 15.5. The standard InChI is InChI=1S/C24H21ClN2O5/c1-3-31-17-9-6-15(7-10-17)21-22(26-16-8-11-20(30-2)19(25)13-16)24(29)27(23(21)28)14-18-5-4-12-32-18/h4-13,26H,3,14H2,1-2H3.